The first-order chi connectivity index (χ1) is 7.53. The molecule has 0 saturated carbocycles. The summed E-state index contributed by atoms with van der Waals surface area (Å²) in [5.41, 5.74) is 2.87. The van der Waals surface area contributed by atoms with E-state index < -0.39 is 0 Å². The average molecular weight is 259 g/mol. The van der Waals surface area contributed by atoms with Gasteiger partial charge in [0.15, 0.2) is 5.69 Å². The molecule has 0 saturated heterocycles. The predicted molar refractivity (Wildman–Crippen MR) is 67.6 cm³/mol. The van der Waals surface area contributed by atoms with E-state index in [9.17, 15) is 4.79 Å². The topological polar surface area (TPSA) is 55.0 Å². The van der Waals surface area contributed by atoms with Gasteiger partial charge in [0.2, 0.25) is 0 Å². The third-order valence-electron chi connectivity index (χ3n) is 3.13. The number of halogens is 1. The minimum atomic E-state index is -0.308. The number of fused-ring (bicyclic) bond motifs is 1. The Bertz CT molecular complexity index is 413. The van der Waals surface area contributed by atoms with Crippen molar-refractivity contribution in [2.75, 3.05) is 6.61 Å². The first-order valence-corrected chi connectivity index (χ1v) is 5.77. The third-order valence-corrected chi connectivity index (χ3v) is 3.13. The number of aromatic nitrogens is 2. The molecule has 1 aliphatic carbocycles. The molecule has 1 aromatic rings. The number of hydrogen-bond donors (Lipinski definition) is 1. The smallest absolute Gasteiger partial charge is 0.359 e. The van der Waals surface area contributed by atoms with E-state index in [1.807, 2.05) is 0 Å². The van der Waals surface area contributed by atoms with Crippen molar-refractivity contribution in [2.24, 2.45) is 5.41 Å². The fraction of sp³-hybridized carbons (Fsp3) is 0.667. The molecule has 0 atom stereocenters. The Balaban J connectivity index is 0.00000144. The van der Waals surface area contributed by atoms with Crippen molar-refractivity contribution in [1.29, 1.82) is 0 Å². The van der Waals surface area contributed by atoms with Gasteiger partial charge in [0, 0.05) is 11.3 Å². The van der Waals surface area contributed by atoms with Crippen molar-refractivity contribution in [2.45, 2.75) is 40.0 Å². The molecule has 0 amide bonds. The van der Waals surface area contributed by atoms with Crippen LogP contribution in [0.25, 0.3) is 0 Å². The number of nitrogens with one attached hydrogen (secondary N) is 1. The monoisotopic (exact) mass is 258 g/mol. The Kier molecular flexibility index (Phi) is 4.20. The predicted octanol–water partition coefficient (Wildman–Crippen LogP) is 2.52. The maximum atomic E-state index is 11.7. The molecule has 0 radical (unpaired) electrons. The zero-order chi connectivity index (χ0) is 11.8. The number of hydrogen-bond acceptors (Lipinski definition) is 3. The summed E-state index contributed by atoms with van der Waals surface area (Å²) in [6.07, 6.45) is 2.99. The molecule has 1 aliphatic rings. The number of esters is 1. The second kappa shape index (κ2) is 5.08. The van der Waals surface area contributed by atoms with E-state index in [2.05, 4.69) is 24.0 Å². The SMILES string of the molecule is CCOC(=O)c1n[nH]c2c1CC(C)(C)CC2.Cl. The molecule has 0 aromatic carbocycles. The molecule has 1 N–H and O–H groups in total. The highest BCUT2D eigenvalue weighted by molar-refractivity contribution is 5.89. The van der Waals surface area contributed by atoms with Crippen LogP contribution in [0, 0.1) is 5.41 Å². The summed E-state index contributed by atoms with van der Waals surface area (Å²) >= 11 is 0. The van der Waals surface area contributed by atoms with Crippen LogP contribution in [-0.4, -0.2) is 22.8 Å². The van der Waals surface area contributed by atoms with Gasteiger partial charge in [-0.25, -0.2) is 4.79 Å². The molecule has 1 heterocycles. The molecular weight excluding hydrogens is 240 g/mol. The van der Waals surface area contributed by atoms with E-state index >= 15 is 0 Å². The largest absolute Gasteiger partial charge is 0.461 e. The van der Waals surface area contributed by atoms with Gasteiger partial charge < -0.3 is 4.74 Å². The molecule has 0 spiro atoms. The quantitative estimate of drug-likeness (QED) is 0.830. The lowest BCUT2D eigenvalue weighted by molar-refractivity contribution is 0.0517. The fourth-order valence-electron chi connectivity index (χ4n) is 2.20. The van der Waals surface area contributed by atoms with E-state index in [0.717, 1.165) is 30.5 Å². The molecule has 1 aromatic heterocycles. The first kappa shape index (κ1) is 14.0. The number of rotatable bonds is 2. The summed E-state index contributed by atoms with van der Waals surface area (Å²) in [4.78, 5) is 11.7. The van der Waals surface area contributed by atoms with Crippen LogP contribution in [0.5, 0.6) is 0 Å². The molecule has 5 heteroatoms. The third kappa shape index (κ3) is 2.80. The number of aromatic amines is 1. The van der Waals surface area contributed by atoms with Crippen LogP contribution < -0.4 is 0 Å². The maximum absolute atomic E-state index is 11.7. The summed E-state index contributed by atoms with van der Waals surface area (Å²) in [6.45, 7) is 6.64. The average Bonchev–Trinajstić information content (AvgIpc) is 2.59. The van der Waals surface area contributed by atoms with Gasteiger partial charge >= 0.3 is 5.97 Å². The Labute approximate surface area is 108 Å². The van der Waals surface area contributed by atoms with Crippen molar-refractivity contribution in [3.63, 3.8) is 0 Å². The van der Waals surface area contributed by atoms with Crippen LogP contribution in [-0.2, 0) is 17.6 Å². The van der Waals surface area contributed by atoms with Gasteiger partial charge in [-0.2, -0.15) is 5.10 Å². The van der Waals surface area contributed by atoms with E-state index in [-0.39, 0.29) is 23.8 Å². The molecule has 0 unspecified atom stereocenters. The number of nitrogens with zero attached hydrogens (tertiary/aromatic N) is 1. The lowest BCUT2D eigenvalue weighted by Gasteiger charge is -2.29. The van der Waals surface area contributed by atoms with Gasteiger partial charge in [0.05, 0.1) is 6.61 Å². The maximum Gasteiger partial charge on any atom is 0.359 e. The summed E-state index contributed by atoms with van der Waals surface area (Å²) in [6, 6.07) is 0. The second-order valence-corrected chi connectivity index (χ2v) is 5.09. The van der Waals surface area contributed by atoms with E-state index in [1.54, 1.807) is 6.92 Å². The first-order valence-electron chi connectivity index (χ1n) is 5.77. The normalized spacial score (nSPS) is 16.9. The van der Waals surface area contributed by atoms with Crippen molar-refractivity contribution in [1.82, 2.24) is 10.2 Å². The zero-order valence-corrected chi connectivity index (χ0v) is 11.3. The van der Waals surface area contributed by atoms with Gasteiger partial charge in [-0.3, -0.25) is 5.10 Å². The van der Waals surface area contributed by atoms with Crippen LogP contribution in [0.4, 0.5) is 0 Å². The van der Waals surface area contributed by atoms with Gasteiger partial charge in [-0.05, 0) is 31.6 Å². The summed E-state index contributed by atoms with van der Waals surface area (Å²) in [7, 11) is 0. The van der Waals surface area contributed by atoms with Crippen LogP contribution >= 0.6 is 12.4 Å². The van der Waals surface area contributed by atoms with E-state index in [4.69, 9.17) is 4.74 Å². The van der Waals surface area contributed by atoms with Gasteiger partial charge in [0.25, 0.3) is 0 Å². The summed E-state index contributed by atoms with van der Waals surface area (Å²) in [5.74, 6) is -0.308. The molecule has 0 aliphatic heterocycles. The molecular formula is C12H19ClN2O2. The van der Waals surface area contributed by atoms with Gasteiger partial charge in [0.1, 0.15) is 0 Å². The Morgan fingerprint density at radius 1 is 1.53 bits per heavy atom. The zero-order valence-electron chi connectivity index (χ0n) is 10.5. The highest BCUT2D eigenvalue weighted by Crippen LogP contribution is 2.35. The highest BCUT2D eigenvalue weighted by Gasteiger charge is 2.31. The Morgan fingerprint density at radius 2 is 2.24 bits per heavy atom. The second-order valence-electron chi connectivity index (χ2n) is 5.09. The number of ether oxygens (including phenoxy) is 1. The molecule has 0 fully saturated rings. The van der Waals surface area contributed by atoms with E-state index in [1.165, 1.54) is 0 Å². The minimum Gasteiger partial charge on any atom is -0.461 e. The Morgan fingerprint density at radius 3 is 2.88 bits per heavy atom. The fourth-order valence-corrected chi connectivity index (χ4v) is 2.20. The number of H-pyrrole nitrogens is 1. The van der Waals surface area contributed by atoms with Crippen LogP contribution in [0.15, 0.2) is 0 Å². The number of carbonyl (C=O) groups excluding carboxylic acids is 1. The number of aryl methyl sites for hydroxylation is 1. The Hall–Kier alpha value is -1.03. The van der Waals surface area contributed by atoms with Crippen LogP contribution in [0.3, 0.4) is 0 Å². The summed E-state index contributed by atoms with van der Waals surface area (Å²) < 4.78 is 5.00. The lowest BCUT2D eigenvalue weighted by atomic mass is 9.76. The molecule has 0 bridgehead atoms. The van der Waals surface area contributed by atoms with Gasteiger partial charge in [-0.1, -0.05) is 13.8 Å². The molecule has 4 nitrogen and oxygen atoms in total. The number of carbonyl (C=O) groups is 1. The molecule has 96 valence electrons. The van der Waals surface area contributed by atoms with Gasteiger partial charge in [-0.15, -0.1) is 12.4 Å². The van der Waals surface area contributed by atoms with Crippen LogP contribution in [0.2, 0.25) is 0 Å². The van der Waals surface area contributed by atoms with Crippen molar-refractivity contribution in [3.05, 3.63) is 17.0 Å². The van der Waals surface area contributed by atoms with Crippen molar-refractivity contribution < 1.29 is 9.53 Å². The van der Waals surface area contributed by atoms with Crippen molar-refractivity contribution in [3.8, 4) is 0 Å². The highest BCUT2D eigenvalue weighted by atomic mass is 35.5. The van der Waals surface area contributed by atoms with Crippen molar-refractivity contribution >= 4 is 18.4 Å². The minimum absolute atomic E-state index is 0. The standard InChI is InChI=1S/C12H18N2O2.ClH/c1-4-16-11(15)10-8-7-12(2,3)6-5-9(8)13-14-10;/h4-7H2,1-3H3,(H,13,14);1H. The molecule has 2 rings (SSSR count). The van der Waals surface area contributed by atoms with E-state index in [0.29, 0.717) is 12.3 Å². The lowest BCUT2D eigenvalue weighted by Crippen LogP contribution is -2.23. The molecule has 17 heavy (non-hydrogen) atoms. The van der Waals surface area contributed by atoms with Crippen LogP contribution in [0.1, 0.15) is 48.9 Å². The summed E-state index contributed by atoms with van der Waals surface area (Å²) in [5, 5.41) is 7.03.